The van der Waals surface area contributed by atoms with Gasteiger partial charge in [-0.05, 0) is 23.0 Å². The van der Waals surface area contributed by atoms with Crippen LogP contribution in [0.2, 0.25) is 0 Å². The van der Waals surface area contributed by atoms with Crippen molar-refractivity contribution in [2.24, 2.45) is 17.4 Å². The van der Waals surface area contributed by atoms with Gasteiger partial charge in [-0.15, -0.1) is 0 Å². The van der Waals surface area contributed by atoms with Gasteiger partial charge >= 0.3 is 6.09 Å². The lowest BCUT2D eigenvalue weighted by Gasteiger charge is -2.40. The summed E-state index contributed by atoms with van der Waals surface area (Å²) in [6, 6.07) is 0.181. The predicted octanol–water partition coefficient (Wildman–Crippen LogP) is -0.976. The van der Waals surface area contributed by atoms with Crippen LogP contribution in [0.3, 0.4) is 0 Å². The molecule has 3 aliphatic heterocycles. The Kier molecular flexibility index (Phi) is 3.35. The Balaban J connectivity index is 1.85. The second-order valence-corrected chi connectivity index (χ2v) is 7.37. The Morgan fingerprint density at radius 2 is 2.08 bits per heavy atom. The molecule has 4 aliphatic rings. The quantitative estimate of drug-likeness (QED) is 0.447. The zero-order valence-electron chi connectivity index (χ0n) is 13.6. The van der Waals surface area contributed by atoms with Crippen LogP contribution in [0.4, 0.5) is 4.79 Å². The number of halogens is 1. The summed E-state index contributed by atoms with van der Waals surface area (Å²) in [5, 5.41) is 0. The zero-order valence-corrected chi connectivity index (χ0v) is 15.2. The Bertz CT molecular complexity index is 793. The van der Waals surface area contributed by atoms with Crippen LogP contribution in [0.15, 0.2) is 21.4 Å². The summed E-state index contributed by atoms with van der Waals surface area (Å²) in [6.07, 6.45) is -0.954. The van der Waals surface area contributed by atoms with Gasteiger partial charge in [0, 0.05) is 25.3 Å². The molecule has 4 N–H and O–H groups in total. The highest BCUT2D eigenvalue weighted by Crippen LogP contribution is 2.59. The normalized spacial score (nSPS) is 38.8. The third-order valence-electron chi connectivity index (χ3n) is 5.68. The van der Waals surface area contributed by atoms with Gasteiger partial charge in [0.1, 0.15) is 6.61 Å². The topological polar surface area (TPSA) is 128 Å². The molecule has 25 heavy (non-hydrogen) atoms. The number of Topliss-reactive ketones (excluding diaryl/α,β-unsaturated/α-hetero) is 2. The molecule has 134 valence electrons. The molecule has 0 radical (unpaired) electrons. The van der Waals surface area contributed by atoms with E-state index >= 15 is 0 Å². The zero-order chi connectivity index (χ0) is 18.3. The van der Waals surface area contributed by atoms with E-state index in [4.69, 9.17) is 20.9 Å². The number of piperazine rings is 1. The van der Waals surface area contributed by atoms with Gasteiger partial charge in [0.05, 0.1) is 27.8 Å². The van der Waals surface area contributed by atoms with Gasteiger partial charge in [0.15, 0.2) is 5.72 Å². The molecule has 0 aromatic rings. The van der Waals surface area contributed by atoms with Crippen molar-refractivity contribution in [2.45, 2.75) is 17.8 Å². The first-order valence-electron chi connectivity index (χ1n) is 7.73. The number of carbonyl (C=O) groups is 3. The standard InChI is InChI=1S/C15H17BrN4O5/c1-19-6-3-20-10-7(11(21)9(17)8(16)12(10)22)5(4-25-14(18)23)15(20,24-2)13(6)19/h5-6,13H,3-4,17H2,1-2H3,(H2,18,23)/t5-,6+,13+,15-,19?/m1/s1. The molecule has 9 nitrogen and oxygen atoms in total. The van der Waals surface area contributed by atoms with Crippen LogP contribution < -0.4 is 11.5 Å². The van der Waals surface area contributed by atoms with Crippen molar-refractivity contribution in [3.8, 4) is 0 Å². The molecule has 0 aromatic carbocycles. The number of methoxy groups -OCH3 is 1. The second kappa shape index (κ2) is 5.05. The van der Waals surface area contributed by atoms with E-state index in [0.717, 1.165) is 0 Å². The highest BCUT2D eigenvalue weighted by molar-refractivity contribution is 9.12. The number of primary amides is 1. The Hall–Kier alpha value is -1.91. The lowest BCUT2D eigenvalue weighted by atomic mass is 9.84. The number of likely N-dealkylation sites (N-methyl/N-ethyl adjacent to an activating group) is 1. The van der Waals surface area contributed by atoms with Crippen molar-refractivity contribution in [1.29, 1.82) is 0 Å². The SMILES string of the molecule is CO[C@@]12[C@H](COC(N)=O)C3=C(C(=O)C(Br)=C(N)C3=O)N1C[C@H]1[C@@H]2N1C. The predicted molar refractivity (Wildman–Crippen MR) is 88.0 cm³/mol. The average molecular weight is 413 g/mol. The van der Waals surface area contributed by atoms with Crippen LogP contribution in [-0.2, 0) is 19.1 Å². The third-order valence-corrected chi connectivity index (χ3v) is 6.47. The van der Waals surface area contributed by atoms with Gasteiger partial charge in [-0.1, -0.05) is 0 Å². The molecule has 0 saturated carbocycles. The summed E-state index contributed by atoms with van der Waals surface area (Å²) in [5.41, 5.74) is 10.3. The summed E-state index contributed by atoms with van der Waals surface area (Å²) < 4.78 is 10.9. The van der Waals surface area contributed by atoms with Gasteiger partial charge in [0.25, 0.3) is 0 Å². The van der Waals surface area contributed by atoms with E-state index in [0.29, 0.717) is 6.54 Å². The molecule has 10 heteroatoms. The molecule has 1 aliphatic carbocycles. The van der Waals surface area contributed by atoms with E-state index in [1.54, 1.807) is 0 Å². The van der Waals surface area contributed by atoms with Gasteiger partial charge in [-0.3, -0.25) is 14.5 Å². The van der Waals surface area contributed by atoms with Crippen molar-refractivity contribution < 1.29 is 23.9 Å². The number of hydrogen-bond acceptors (Lipinski definition) is 8. The molecular weight excluding hydrogens is 396 g/mol. The highest BCUT2D eigenvalue weighted by atomic mass is 79.9. The van der Waals surface area contributed by atoms with E-state index in [9.17, 15) is 14.4 Å². The minimum atomic E-state index is -0.969. The molecule has 4 rings (SSSR count). The van der Waals surface area contributed by atoms with Gasteiger partial charge in [-0.2, -0.15) is 0 Å². The maximum atomic E-state index is 12.8. The fraction of sp³-hybridized carbons (Fsp3) is 0.533. The van der Waals surface area contributed by atoms with E-state index in [2.05, 4.69) is 20.8 Å². The number of rotatable bonds is 3. The summed E-state index contributed by atoms with van der Waals surface area (Å²) >= 11 is 3.12. The number of hydrogen-bond donors (Lipinski definition) is 2. The Morgan fingerprint density at radius 3 is 2.68 bits per heavy atom. The highest BCUT2D eigenvalue weighted by Gasteiger charge is 2.75. The van der Waals surface area contributed by atoms with Crippen LogP contribution >= 0.6 is 15.9 Å². The molecule has 2 saturated heterocycles. The minimum absolute atomic E-state index is 0.0230. The first-order chi connectivity index (χ1) is 11.8. The number of fused-ring (bicyclic) bond motifs is 4. The number of carbonyl (C=O) groups excluding carboxylic acids is 3. The van der Waals surface area contributed by atoms with Crippen molar-refractivity contribution in [2.75, 3.05) is 27.3 Å². The molecule has 5 atom stereocenters. The monoisotopic (exact) mass is 412 g/mol. The maximum absolute atomic E-state index is 12.8. The molecule has 0 aromatic heterocycles. The summed E-state index contributed by atoms with van der Waals surface area (Å²) in [6.45, 7) is 0.375. The molecule has 3 heterocycles. The molecule has 1 amide bonds. The lowest BCUT2D eigenvalue weighted by molar-refractivity contribution is -0.144. The maximum Gasteiger partial charge on any atom is 0.404 e. The first kappa shape index (κ1) is 16.6. The fourth-order valence-electron chi connectivity index (χ4n) is 4.59. The van der Waals surface area contributed by atoms with Gasteiger partial charge < -0.3 is 25.8 Å². The van der Waals surface area contributed by atoms with Crippen LogP contribution in [0.5, 0.6) is 0 Å². The minimum Gasteiger partial charge on any atom is -0.449 e. The molecule has 0 bridgehead atoms. The van der Waals surface area contributed by atoms with Crippen LogP contribution in [0.25, 0.3) is 0 Å². The first-order valence-corrected chi connectivity index (χ1v) is 8.52. The van der Waals surface area contributed by atoms with Crippen LogP contribution in [-0.4, -0.2) is 72.6 Å². The summed E-state index contributed by atoms with van der Waals surface area (Å²) in [5.74, 6) is -1.47. The average Bonchev–Trinajstić information content (AvgIpc) is 2.96. The van der Waals surface area contributed by atoms with Crippen molar-refractivity contribution in [3.05, 3.63) is 21.4 Å². The largest absolute Gasteiger partial charge is 0.449 e. The van der Waals surface area contributed by atoms with Crippen molar-refractivity contribution in [3.63, 3.8) is 0 Å². The lowest BCUT2D eigenvalue weighted by Crippen LogP contribution is -2.55. The summed E-state index contributed by atoms with van der Waals surface area (Å²) in [7, 11) is 3.47. The summed E-state index contributed by atoms with van der Waals surface area (Å²) in [4.78, 5) is 40.7. The third kappa shape index (κ3) is 1.81. The molecule has 0 spiro atoms. The number of ketones is 2. The van der Waals surface area contributed by atoms with Crippen molar-refractivity contribution in [1.82, 2.24) is 9.80 Å². The smallest absolute Gasteiger partial charge is 0.404 e. The van der Waals surface area contributed by atoms with Gasteiger partial charge in [-0.25, -0.2) is 4.79 Å². The molecule has 2 fully saturated rings. The van der Waals surface area contributed by atoms with Crippen LogP contribution in [0.1, 0.15) is 0 Å². The van der Waals surface area contributed by atoms with Gasteiger partial charge in [0.2, 0.25) is 11.6 Å². The van der Waals surface area contributed by atoms with E-state index in [-0.39, 0.29) is 45.9 Å². The van der Waals surface area contributed by atoms with E-state index in [1.807, 2.05) is 11.9 Å². The fourth-order valence-corrected chi connectivity index (χ4v) is 4.96. The number of ether oxygens (including phenoxy) is 2. The van der Waals surface area contributed by atoms with E-state index < -0.39 is 23.5 Å². The molecular formula is C15H17BrN4O5. The number of allylic oxidation sites excluding steroid dienone is 2. The van der Waals surface area contributed by atoms with E-state index in [1.165, 1.54) is 7.11 Å². The Morgan fingerprint density at radius 1 is 1.40 bits per heavy atom. The number of nitrogens with zero attached hydrogens (tertiary/aromatic N) is 2. The van der Waals surface area contributed by atoms with Crippen LogP contribution in [0, 0.1) is 5.92 Å². The second-order valence-electron chi connectivity index (χ2n) is 6.58. The Labute approximate surface area is 151 Å². The number of nitrogens with two attached hydrogens (primary N) is 2. The molecule has 1 unspecified atom stereocenters. The number of amides is 1. The van der Waals surface area contributed by atoms with Crippen molar-refractivity contribution >= 4 is 33.6 Å².